The minimum atomic E-state index is 0.430. The van der Waals surface area contributed by atoms with Crippen LogP contribution in [0.25, 0.3) is 10.8 Å². The Labute approximate surface area is 160 Å². The highest BCUT2D eigenvalue weighted by atomic mass is 15.1. The molecule has 0 radical (unpaired) electrons. The molecular weight excluding hydrogens is 316 g/mol. The van der Waals surface area contributed by atoms with Gasteiger partial charge in [0.15, 0.2) is 0 Å². The van der Waals surface area contributed by atoms with Crippen molar-refractivity contribution in [3.8, 4) is 0 Å². The largest absolute Gasteiger partial charge is 0.310 e. The van der Waals surface area contributed by atoms with Gasteiger partial charge in [0.1, 0.15) is 0 Å². The first-order valence-corrected chi connectivity index (χ1v) is 10.2. The smallest absolute Gasteiger partial charge is 0.0113 e. The predicted molar refractivity (Wildman–Crippen MR) is 116 cm³/mol. The molecule has 0 spiro atoms. The molecule has 0 saturated carbocycles. The second-order valence-corrected chi connectivity index (χ2v) is 7.98. The fourth-order valence-electron chi connectivity index (χ4n) is 3.59. The van der Waals surface area contributed by atoms with Crippen LogP contribution in [0.4, 0.5) is 0 Å². The fourth-order valence-corrected chi connectivity index (χ4v) is 3.59. The highest BCUT2D eigenvalue weighted by molar-refractivity contribution is 5.85. The lowest BCUT2D eigenvalue weighted by Crippen LogP contribution is -2.27. The minimum absolute atomic E-state index is 0.430. The van der Waals surface area contributed by atoms with Gasteiger partial charge in [-0.3, -0.25) is 0 Å². The molecule has 0 bridgehead atoms. The topological polar surface area (TPSA) is 27.1 Å². The Balaban J connectivity index is 2.12. The Morgan fingerprint density at radius 1 is 0.962 bits per heavy atom. The van der Waals surface area contributed by atoms with Gasteiger partial charge in [0.2, 0.25) is 0 Å². The highest BCUT2D eigenvalue weighted by Crippen LogP contribution is 2.30. The van der Waals surface area contributed by atoms with Crippen LogP contribution in [0.3, 0.4) is 0 Å². The summed E-state index contributed by atoms with van der Waals surface area (Å²) in [5.41, 5.74) is 2.29. The third kappa shape index (κ3) is 6.25. The maximum Gasteiger partial charge on any atom is 0.0113 e. The van der Waals surface area contributed by atoms with Crippen LogP contribution in [0, 0.1) is 5.41 Å². The first-order valence-electron chi connectivity index (χ1n) is 10.2. The van der Waals surface area contributed by atoms with Crippen molar-refractivity contribution in [1.29, 1.82) is 5.41 Å². The van der Waals surface area contributed by atoms with Crippen molar-refractivity contribution in [3.63, 3.8) is 0 Å². The molecule has 1 unspecified atom stereocenters. The molecule has 0 fully saturated rings. The Hall–Kier alpha value is -1.67. The van der Waals surface area contributed by atoms with Gasteiger partial charge in [-0.15, -0.1) is 0 Å². The second kappa shape index (κ2) is 10.5. The van der Waals surface area contributed by atoms with Gasteiger partial charge in [0.05, 0.1) is 0 Å². The van der Waals surface area contributed by atoms with Gasteiger partial charge in [0.25, 0.3) is 0 Å². The van der Waals surface area contributed by atoms with Crippen molar-refractivity contribution in [2.24, 2.45) is 0 Å². The van der Waals surface area contributed by atoms with Gasteiger partial charge in [-0.05, 0) is 56.1 Å². The van der Waals surface area contributed by atoms with Crippen LogP contribution in [0.15, 0.2) is 42.5 Å². The third-order valence-electron chi connectivity index (χ3n) is 5.57. The van der Waals surface area contributed by atoms with Crippen LogP contribution in [-0.4, -0.2) is 30.7 Å². The molecule has 0 aliphatic heterocycles. The summed E-state index contributed by atoms with van der Waals surface area (Å²) in [4.78, 5) is 2.21. The summed E-state index contributed by atoms with van der Waals surface area (Å²) in [5.74, 6) is 0.471. The zero-order chi connectivity index (χ0) is 18.9. The summed E-state index contributed by atoms with van der Waals surface area (Å²) in [6.45, 7) is 4.47. The number of rotatable bonds is 11. The van der Waals surface area contributed by atoms with E-state index in [9.17, 15) is 0 Å². The molecule has 0 aliphatic rings. The van der Waals surface area contributed by atoms with E-state index < -0.39 is 0 Å². The standard InChI is InChI=1S/C24H36N2/c1-5-6-7-8-12-22(18-24(25)16-19(2)26(3)4)23-15-14-20-11-9-10-13-21(20)17-23/h9-11,13-15,17,19,22,25H,5-8,12,16,18H2,1-4H3/t19-,22?/m0/s1. The average molecular weight is 353 g/mol. The van der Waals surface area contributed by atoms with E-state index >= 15 is 0 Å². The van der Waals surface area contributed by atoms with Gasteiger partial charge in [0, 0.05) is 18.2 Å². The minimum Gasteiger partial charge on any atom is -0.310 e. The predicted octanol–water partition coefficient (Wildman–Crippen LogP) is 6.64. The van der Waals surface area contributed by atoms with Crippen molar-refractivity contribution in [3.05, 3.63) is 48.0 Å². The Morgan fingerprint density at radius 2 is 1.69 bits per heavy atom. The molecule has 0 amide bonds. The lowest BCUT2D eigenvalue weighted by Gasteiger charge is -2.23. The molecule has 0 heterocycles. The van der Waals surface area contributed by atoms with E-state index in [1.807, 2.05) is 0 Å². The molecule has 0 saturated heterocycles. The lowest BCUT2D eigenvalue weighted by molar-refractivity contribution is 0.319. The molecule has 2 heteroatoms. The number of hydrogen-bond acceptors (Lipinski definition) is 2. The van der Waals surface area contributed by atoms with Crippen molar-refractivity contribution in [2.45, 2.75) is 70.8 Å². The summed E-state index contributed by atoms with van der Waals surface area (Å²) in [5, 5.41) is 11.2. The second-order valence-electron chi connectivity index (χ2n) is 7.98. The van der Waals surface area contributed by atoms with E-state index in [-0.39, 0.29) is 0 Å². The van der Waals surface area contributed by atoms with E-state index in [1.165, 1.54) is 48.4 Å². The van der Waals surface area contributed by atoms with Gasteiger partial charge in [-0.1, -0.05) is 75.1 Å². The highest BCUT2D eigenvalue weighted by Gasteiger charge is 2.17. The first-order chi connectivity index (χ1) is 12.5. The van der Waals surface area contributed by atoms with Crippen LogP contribution in [0.2, 0.25) is 0 Å². The molecule has 0 aromatic heterocycles. The van der Waals surface area contributed by atoms with Crippen molar-refractivity contribution < 1.29 is 0 Å². The molecule has 2 nitrogen and oxygen atoms in total. The molecule has 2 aromatic rings. The van der Waals surface area contributed by atoms with Gasteiger partial charge in [-0.2, -0.15) is 0 Å². The van der Waals surface area contributed by atoms with Crippen molar-refractivity contribution >= 4 is 16.5 Å². The van der Waals surface area contributed by atoms with Gasteiger partial charge < -0.3 is 10.3 Å². The van der Waals surface area contributed by atoms with Gasteiger partial charge >= 0.3 is 0 Å². The van der Waals surface area contributed by atoms with E-state index in [0.29, 0.717) is 12.0 Å². The Bertz CT molecular complexity index is 689. The zero-order valence-electron chi connectivity index (χ0n) is 17.1. The number of fused-ring (bicyclic) bond motifs is 1. The van der Waals surface area contributed by atoms with Crippen LogP contribution in [-0.2, 0) is 0 Å². The molecule has 142 valence electrons. The SMILES string of the molecule is CCCCCCC(CC(=N)C[C@H](C)N(C)C)c1ccc2ccccc2c1. The van der Waals surface area contributed by atoms with Crippen LogP contribution in [0.5, 0.6) is 0 Å². The number of nitrogens with one attached hydrogen (secondary N) is 1. The number of nitrogens with zero attached hydrogens (tertiary/aromatic N) is 1. The van der Waals surface area contributed by atoms with E-state index in [1.54, 1.807) is 0 Å². The molecule has 1 N–H and O–H groups in total. The normalized spacial score (nSPS) is 13.9. The monoisotopic (exact) mass is 352 g/mol. The first kappa shape index (κ1) is 20.6. The third-order valence-corrected chi connectivity index (χ3v) is 5.57. The Kier molecular flexibility index (Phi) is 8.31. The van der Waals surface area contributed by atoms with Crippen molar-refractivity contribution in [2.75, 3.05) is 14.1 Å². The molecule has 2 aromatic carbocycles. The molecule has 0 aliphatic carbocycles. The molecule has 26 heavy (non-hydrogen) atoms. The average Bonchev–Trinajstić information content (AvgIpc) is 2.63. The fraction of sp³-hybridized carbons (Fsp3) is 0.542. The summed E-state index contributed by atoms with van der Waals surface area (Å²) < 4.78 is 0. The summed E-state index contributed by atoms with van der Waals surface area (Å²) in [6, 6.07) is 15.9. The number of benzene rings is 2. The molecular formula is C24H36N2. The van der Waals surface area contributed by atoms with Gasteiger partial charge in [-0.25, -0.2) is 0 Å². The number of hydrogen-bond donors (Lipinski definition) is 1. The lowest BCUT2D eigenvalue weighted by atomic mass is 9.86. The molecule has 2 rings (SSSR count). The Morgan fingerprint density at radius 3 is 2.38 bits per heavy atom. The maximum atomic E-state index is 8.54. The van der Waals surface area contributed by atoms with E-state index in [0.717, 1.165) is 18.6 Å². The van der Waals surface area contributed by atoms with E-state index in [2.05, 4.69) is 75.3 Å². The van der Waals surface area contributed by atoms with Crippen LogP contribution < -0.4 is 0 Å². The summed E-state index contributed by atoms with van der Waals surface area (Å²) in [6.07, 6.45) is 8.12. The van der Waals surface area contributed by atoms with Crippen LogP contribution in [0.1, 0.15) is 70.3 Å². The quantitative estimate of drug-likeness (QED) is 0.356. The van der Waals surface area contributed by atoms with E-state index in [4.69, 9.17) is 5.41 Å². The summed E-state index contributed by atoms with van der Waals surface area (Å²) in [7, 11) is 4.20. The maximum absolute atomic E-state index is 8.54. The van der Waals surface area contributed by atoms with Crippen molar-refractivity contribution in [1.82, 2.24) is 4.90 Å². The van der Waals surface area contributed by atoms with Crippen LogP contribution >= 0.6 is 0 Å². The zero-order valence-corrected chi connectivity index (χ0v) is 17.1. The number of unbranched alkanes of at least 4 members (excludes halogenated alkanes) is 3. The molecule has 2 atom stereocenters. The summed E-state index contributed by atoms with van der Waals surface area (Å²) >= 11 is 0.